The van der Waals surface area contributed by atoms with E-state index in [4.69, 9.17) is 21.3 Å². The van der Waals surface area contributed by atoms with Crippen LogP contribution in [0.2, 0.25) is 5.02 Å². The number of amides is 1. The molecule has 0 spiro atoms. The molecule has 1 aliphatic carbocycles. The molecular weight excluding hydrogens is 348 g/mol. The van der Waals surface area contributed by atoms with Crippen LogP contribution < -0.4 is 10.1 Å². The van der Waals surface area contributed by atoms with Crippen LogP contribution in [0.5, 0.6) is 5.88 Å². The molecule has 4 rings (SSSR count). The number of methoxy groups -OCH3 is 1. The van der Waals surface area contributed by atoms with Crippen molar-refractivity contribution in [1.29, 1.82) is 0 Å². The summed E-state index contributed by atoms with van der Waals surface area (Å²) in [5, 5.41) is 3.69. The zero-order chi connectivity index (χ0) is 18.1. The first-order valence-corrected chi connectivity index (χ1v) is 9.34. The Kier molecular flexibility index (Phi) is 4.68. The molecular formula is C21H21ClN2O2. The first kappa shape index (κ1) is 17.1. The van der Waals surface area contributed by atoms with Crippen molar-refractivity contribution in [3.8, 4) is 5.88 Å². The Morgan fingerprint density at radius 3 is 2.58 bits per heavy atom. The van der Waals surface area contributed by atoms with Gasteiger partial charge >= 0.3 is 0 Å². The highest BCUT2D eigenvalue weighted by Gasteiger charge is 2.28. The number of carbonyl (C=O) groups excluding carboxylic acids is 1. The Bertz CT molecular complexity index is 857. The number of carbonyl (C=O) groups is 1. The van der Waals surface area contributed by atoms with Gasteiger partial charge in [-0.1, -0.05) is 35.9 Å². The smallest absolute Gasteiger partial charge is 0.220 e. The van der Waals surface area contributed by atoms with E-state index in [0.29, 0.717) is 23.2 Å². The van der Waals surface area contributed by atoms with Gasteiger partial charge in [-0.25, -0.2) is 4.98 Å². The Morgan fingerprint density at radius 1 is 1.19 bits per heavy atom. The van der Waals surface area contributed by atoms with Gasteiger partial charge in [0.05, 0.1) is 12.8 Å². The second-order valence-corrected chi connectivity index (χ2v) is 7.31. The number of aromatic nitrogens is 1. The number of hydrogen-bond donors (Lipinski definition) is 1. The molecule has 1 saturated heterocycles. The van der Waals surface area contributed by atoms with Gasteiger partial charge in [0, 0.05) is 28.6 Å². The number of hydrogen-bond acceptors (Lipinski definition) is 3. The molecule has 134 valence electrons. The second-order valence-electron chi connectivity index (χ2n) is 6.87. The van der Waals surface area contributed by atoms with Crippen LogP contribution in [0.15, 0.2) is 42.5 Å². The van der Waals surface area contributed by atoms with E-state index in [9.17, 15) is 4.79 Å². The maximum Gasteiger partial charge on any atom is 0.220 e. The highest BCUT2D eigenvalue weighted by atomic mass is 35.5. The lowest BCUT2D eigenvalue weighted by Crippen LogP contribution is -2.23. The Labute approximate surface area is 158 Å². The van der Waals surface area contributed by atoms with Crippen LogP contribution in [0, 0.1) is 0 Å². The Balaban J connectivity index is 1.75. The van der Waals surface area contributed by atoms with Crippen LogP contribution in [0.4, 0.5) is 0 Å². The molecule has 4 nitrogen and oxygen atoms in total. The molecule has 1 amide bonds. The molecule has 1 aromatic heterocycles. The summed E-state index contributed by atoms with van der Waals surface area (Å²) in [5.74, 6) is 1.36. The molecule has 5 heteroatoms. The third-order valence-corrected chi connectivity index (χ3v) is 5.18. The van der Waals surface area contributed by atoms with Crippen molar-refractivity contribution in [3.63, 3.8) is 0 Å². The van der Waals surface area contributed by atoms with E-state index in [0.717, 1.165) is 23.3 Å². The summed E-state index contributed by atoms with van der Waals surface area (Å²) >= 11 is 6.05. The molecule has 2 heterocycles. The fourth-order valence-electron chi connectivity index (χ4n) is 3.39. The average Bonchev–Trinajstić information content (AvgIpc) is 3.42. The lowest BCUT2D eigenvalue weighted by molar-refractivity contribution is -0.119. The number of nitrogens with zero attached hydrogens (tertiary/aromatic N) is 1. The summed E-state index contributed by atoms with van der Waals surface area (Å²) in [7, 11) is 1.67. The molecule has 1 aliphatic heterocycles. The highest BCUT2D eigenvalue weighted by molar-refractivity contribution is 6.30. The summed E-state index contributed by atoms with van der Waals surface area (Å²) < 4.78 is 5.55. The highest BCUT2D eigenvalue weighted by Crippen LogP contribution is 2.44. The van der Waals surface area contributed by atoms with Gasteiger partial charge in [-0.05, 0) is 48.9 Å². The van der Waals surface area contributed by atoms with Gasteiger partial charge < -0.3 is 10.1 Å². The molecule has 1 N–H and O–H groups in total. The van der Waals surface area contributed by atoms with Crippen molar-refractivity contribution < 1.29 is 9.53 Å². The zero-order valence-electron chi connectivity index (χ0n) is 14.7. The number of benzene rings is 1. The van der Waals surface area contributed by atoms with E-state index >= 15 is 0 Å². The minimum absolute atomic E-state index is 0.0177. The van der Waals surface area contributed by atoms with Gasteiger partial charge in [0.2, 0.25) is 11.8 Å². The minimum Gasteiger partial charge on any atom is -0.481 e. The molecule has 0 radical (unpaired) electrons. The molecule has 2 fully saturated rings. The molecule has 1 saturated carbocycles. The van der Waals surface area contributed by atoms with Gasteiger partial charge in [0.1, 0.15) is 0 Å². The standard InChI is InChI=1S/C21H21ClN2O2/c1-26-21-17(13-2-3-13)9-10-19(24-21)18(12-16-8-11-20(25)23-16)14-4-6-15(22)7-5-14/h4-7,9-10,12-13,16H,2-3,8,11H2,1H3,(H,23,25)/t16-/m1/s1. The summed E-state index contributed by atoms with van der Waals surface area (Å²) in [6, 6.07) is 11.9. The number of halogens is 1. The predicted octanol–water partition coefficient (Wildman–Crippen LogP) is 4.33. The molecule has 26 heavy (non-hydrogen) atoms. The second kappa shape index (κ2) is 7.12. The predicted molar refractivity (Wildman–Crippen MR) is 102 cm³/mol. The van der Waals surface area contributed by atoms with Crippen LogP contribution in [0.25, 0.3) is 5.57 Å². The van der Waals surface area contributed by atoms with Crippen LogP contribution in [0.3, 0.4) is 0 Å². The number of nitrogens with one attached hydrogen (secondary N) is 1. The Morgan fingerprint density at radius 2 is 1.96 bits per heavy atom. The first-order chi connectivity index (χ1) is 12.6. The normalized spacial score (nSPS) is 20.2. The third kappa shape index (κ3) is 3.61. The average molecular weight is 369 g/mol. The van der Waals surface area contributed by atoms with Crippen molar-refractivity contribution >= 4 is 23.1 Å². The Hall–Kier alpha value is -2.33. The van der Waals surface area contributed by atoms with E-state index < -0.39 is 0 Å². The van der Waals surface area contributed by atoms with Crippen molar-refractivity contribution in [2.75, 3.05) is 7.11 Å². The maximum atomic E-state index is 11.6. The van der Waals surface area contributed by atoms with E-state index in [2.05, 4.69) is 17.5 Å². The van der Waals surface area contributed by atoms with Crippen molar-refractivity contribution in [2.45, 2.75) is 37.6 Å². The summed E-state index contributed by atoms with van der Waals surface area (Å²) in [6.45, 7) is 0. The fraction of sp³-hybridized carbons (Fsp3) is 0.333. The van der Waals surface area contributed by atoms with E-state index in [1.54, 1.807) is 7.11 Å². The largest absolute Gasteiger partial charge is 0.481 e. The number of pyridine rings is 1. The van der Waals surface area contributed by atoms with E-state index in [1.807, 2.05) is 30.3 Å². The summed E-state index contributed by atoms with van der Waals surface area (Å²) in [6.07, 6.45) is 5.85. The van der Waals surface area contributed by atoms with Crippen LogP contribution in [-0.4, -0.2) is 24.0 Å². The van der Waals surface area contributed by atoms with Crippen molar-refractivity contribution in [2.24, 2.45) is 0 Å². The van der Waals surface area contributed by atoms with Crippen LogP contribution >= 0.6 is 11.6 Å². The SMILES string of the molecule is COc1nc(C(=C[C@H]2CCC(=O)N2)c2ccc(Cl)cc2)ccc1C1CC1. The maximum absolute atomic E-state index is 11.6. The van der Waals surface area contributed by atoms with E-state index in [-0.39, 0.29) is 11.9 Å². The van der Waals surface area contributed by atoms with Gasteiger partial charge in [0.25, 0.3) is 0 Å². The van der Waals surface area contributed by atoms with Gasteiger partial charge in [-0.15, -0.1) is 0 Å². The quantitative estimate of drug-likeness (QED) is 0.854. The van der Waals surface area contributed by atoms with Crippen LogP contribution in [-0.2, 0) is 4.79 Å². The molecule has 1 atom stereocenters. The molecule has 1 aromatic carbocycles. The summed E-state index contributed by atoms with van der Waals surface area (Å²) in [4.78, 5) is 16.4. The summed E-state index contributed by atoms with van der Waals surface area (Å²) in [5.41, 5.74) is 4.02. The van der Waals surface area contributed by atoms with Crippen molar-refractivity contribution in [1.82, 2.24) is 10.3 Å². The molecule has 0 bridgehead atoms. The van der Waals surface area contributed by atoms with Crippen LogP contribution in [0.1, 0.15) is 48.4 Å². The number of rotatable bonds is 5. The van der Waals surface area contributed by atoms with Gasteiger partial charge in [0.15, 0.2) is 0 Å². The lowest BCUT2D eigenvalue weighted by Gasteiger charge is -2.14. The monoisotopic (exact) mass is 368 g/mol. The van der Waals surface area contributed by atoms with Gasteiger partial charge in [-0.2, -0.15) is 0 Å². The number of ether oxygens (including phenoxy) is 1. The third-order valence-electron chi connectivity index (χ3n) is 4.93. The topological polar surface area (TPSA) is 51.2 Å². The van der Waals surface area contributed by atoms with Crippen molar-refractivity contribution in [3.05, 3.63) is 64.3 Å². The first-order valence-electron chi connectivity index (χ1n) is 8.96. The van der Waals surface area contributed by atoms with Gasteiger partial charge in [-0.3, -0.25) is 4.79 Å². The lowest BCUT2D eigenvalue weighted by atomic mass is 9.98. The molecule has 2 aliphatic rings. The van der Waals surface area contributed by atoms with E-state index in [1.165, 1.54) is 18.4 Å². The molecule has 2 aromatic rings. The zero-order valence-corrected chi connectivity index (χ0v) is 15.4. The molecule has 0 unspecified atom stereocenters. The fourth-order valence-corrected chi connectivity index (χ4v) is 3.52. The minimum atomic E-state index is 0.0177.